The second kappa shape index (κ2) is 18.2. The third-order valence-electron chi connectivity index (χ3n) is 8.91. The number of ether oxygens (including phenoxy) is 1. The van der Waals surface area contributed by atoms with Crippen LogP contribution >= 0.6 is 0 Å². The van der Waals surface area contributed by atoms with Crippen LogP contribution in [0.25, 0.3) is 11.1 Å². The van der Waals surface area contributed by atoms with Crippen molar-refractivity contribution < 1.29 is 24.2 Å². The number of nitrogens with one attached hydrogen (secondary N) is 2. The molecular formula is C38H51N5O5. The van der Waals surface area contributed by atoms with Crippen molar-refractivity contribution in [3.63, 3.8) is 0 Å². The van der Waals surface area contributed by atoms with Crippen molar-refractivity contribution >= 4 is 23.6 Å². The number of hydrogen-bond acceptors (Lipinski definition) is 7. The molecule has 0 radical (unpaired) electrons. The van der Waals surface area contributed by atoms with Gasteiger partial charge in [-0.2, -0.15) is 0 Å². The molecule has 3 aromatic carbocycles. The van der Waals surface area contributed by atoms with E-state index in [1.165, 1.54) is 0 Å². The summed E-state index contributed by atoms with van der Waals surface area (Å²) in [4.78, 5) is 41.4. The van der Waals surface area contributed by atoms with E-state index in [9.17, 15) is 19.5 Å². The summed E-state index contributed by atoms with van der Waals surface area (Å²) in [6, 6.07) is 24.7. The molecule has 10 nitrogen and oxygen atoms in total. The molecule has 1 aliphatic rings. The van der Waals surface area contributed by atoms with Crippen molar-refractivity contribution in [2.24, 2.45) is 5.73 Å². The lowest BCUT2D eigenvalue weighted by Gasteiger charge is -2.38. The van der Waals surface area contributed by atoms with Gasteiger partial charge in [-0.15, -0.1) is 0 Å². The minimum atomic E-state index is -0.448. The molecule has 1 fully saturated rings. The summed E-state index contributed by atoms with van der Waals surface area (Å²) in [5.74, 6) is -0.0665. The van der Waals surface area contributed by atoms with Gasteiger partial charge in [0.2, 0.25) is 11.8 Å². The molecular weight excluding hydrogens is 606 g/mol. The van der Waals surface area contributed by atoms with Crippen LogP contribution in [0.15, 0.2) is 78.9 Å². The number of unbranched alkanes of at least 4 members (excludes halogenated alkanes) is 2. The van der Waals surface area contributed by atoms with E-state index < -0.39 is 11.6 Å². The molecule has 0 bridgehead atoms. The summed E-state index contributed by atoms with van der Waals surface area (Å²) in [5.41, 5.74) is 8.87. The number of nitrogens with zero attached hydrogens (tertiary/aromatic N) is 2. The summed E-state index contributed by atoms with van der Waals surface area (Å²) in [5, 5.41) is 15.6. The van der Waals surface area contributed by atoms with Gasteiger partial charge in [-0.25, -0.2) is 4.79 Å². The summed E-state index contributed by atoms with van der Waals surface area (Å²) in [6.07, 6.45) is 4.28. The van der Waals surface area contributed by atoms with Crippen molar-refractivity contribution in [3.8, 4) is 16.9 Å². The SMILES string of the molecule is CC(C)(CC(N)=O)N(CCCCCNC(=O)CCN1CCC(OC(=O)Nc2ccccc2-c2ccccc2)CC1)Cc1ccc(O)cc1. The lowest BCUT2D eigenvalue weighted by atomic mass is 9.96. The third-order valence-corrected chi connectivity index (χ3v) is 8.91. The smallest absolute Gasteiger partial charge is 0.411 e. The van der Waals surface area contributed by atoms with Crippen LogP contribution in [0.3, 0.4) is 0 Å². The molecule has 0 saturated carbocycles. The van der Waals surface area contributed by atoms with Gasteiger partial charge < -0.3 is 25.8 Å². The van der Waals surface area contributed by atoms with E-state index in [0.29, 0.717) is 31.7 Å². The number of hydrogen-bond donors (Lipinski definition) is 4. The quantitative estimate of drug-likeness (QED) is 0.133. The van der Waals surface area contributed by atoms with Crippen molar-refractivity contribution in [2.45, 2.75) is 77.0 Å². The number of phenols is 1. The van der Waals surface area contributed by atoms with Crippen LogP contribution in [0, 0.1) is 0 Å². The second-order valence-corrected chi connectivity index (χ2v) is 13.2. The zero-order valence-corrected chi connectivity index (χ0v) is 28.3. The number of para-hydroxylation sites is 1. The topological polar surface area (TPSA) is 137 Å². The van der Waals surface area contributed by atoms with E-state index >= 15 is 0 Å². The maximum Gasteiger partial charge on any atom is 0.411 e. The fourth-order valence-corrected chi connectivity index (χ4v) is 6.14. The van der Waals surface area contributed by atoms with Crippen LogP contribution in [0.4, 0.5) is 10.5 Å². The number of rotatable bonds is 17. The first-order valence-corrected chi connectivity index (χ1v) is 17.0. The monoisotopic (exact) mass is 657 g/mol. The highest BCUT2D eigenvalue weighted by atomic mass is 16.6. The van der Waals surface area contributed by atoms with Crippen LogP contribution in [0.2, 0.25) is 0 Å². The molecule has 0 unspecified atom stereocenters. The summed E-state index contributed by atoms with van der Waals surface area (Å²) in [7, 11) is 0. The first-order chi connectivity index (χ1) is 23.1. The van der Waals surface area contributed by atoms with Gasteiger partial charge in [0.05, 0.1) is 5.69 Å². The number of anilines is 1. The van der Waals surface area contributed by atoms with E-state index in [0.717, 1.165) is 68.4 Å². The minimum absolute atomic E-state index is 0.0429. The molecule has 1 saturated heterocycles. The summed E-state index contributed by atoms with van der Waals surface area (Å²) in [6.45, 7) is 8.35. The Bertz CT molecular complexity index is 1460. The van der Waals surface area contributed by atoms with Gasteiger partial charge in [0.25, 0.3) is 0 Å². The standard InChI is InChI=1S/C38H51N5O5/c1-38(2,27-35(39)45)43(28-29-15-17-31(44)18-16-29)23-10-4-9-22-40-36(46)21-26-42-24-19-32(20-25-42)48-37(47)41-34-14-8-7-13-33(34)30-11-5-3-6-12-30/h3,5-8,11-18,32,44H,4,9-10,19-28H2,1-2H3,(H2,39,45)(H,40,46)(H,41,47). The van der Waals surface area contributed by atoms with Crippen molar-refractivity contribution in [2.75, 3.05) is 38.0 Å². The lowest BCUT2D eigenvalue weighted by Crippen LogP contribution is -2.46. The van der Waals surface area contributed by atoms with Gasteiger partial charge in [0.1, 0.15) is 11.9 Å². The summed E-state index contributed by atoms with van der Waals surface area (Å²) >= 11 is 0. The Morgan fingerprint density at radius 1 is 0.938 bits per heavy atom. The summed E-state index contributed by atoms with van der Waals surface area (Å²) < 4.78 is 5.74. The zero-order valence-electron chi connectivity index (χ0n) is 28.3. The molecule has 48 heavy (non-hydrogen) atoms. The van der Waals surface area contributed by atoms with Crippen LogP contribution < -0.4 is 16.4 Å². The molecule has 4 rings (SSSR count). The van der Waals surface area contributed by atoms with Gasteiger partial charge in [-0.3, -0.25) is 19.8 Å². The predicted molar refractivity (Wildman–Crippen MR) is 189 cm³/mol. The highest BCUT2D eigenvalue weighted by Crippen LogP contribution is 2.28. The number of carbonyl (C=O) groups is 3. The highest BCUT2D eigenvalue weighted by molar-refractivity contribution is 5.91. The van der Waals surface area contributed by atoms with E-state index in [-0.39, 0.29) is 30.1 Å². The number of aromatic hydroxyl groups is 1. The molecule has 0 aromatic heterocycles. The molecule has 0 atom stereocenters. The van der Waals surface area contributed by atoms with Crippen molar-refractivity contribution in [3.05, 3.63) is 84.4 Å². The molecule has 1 heterocycles. The average Bonchev–Trinajstić information content (AvgIpc) is 3.06. The fraction of sp³-hybridized carbons (Fsp3) is 0.447. The molecule has 0 spiro atoms. The predicted octanol–water partition coefficient (Wildman–Crippen LogP) is 5.90. The lowest BCUT2D eigenvalue weighted by molar-refractivity contribution is -0.122. The van der Waals surface area contributed by atoms with Crippen LogP contribution in [-0.4, -0.2) is 77.2 Å². The van der Waals surface area contributed by atoms with Gasteiger partial charge in [0, 0.05) is 56.7 Å². The molecule has 1 aliphatic heterocycles. The Balaban J connectivity index is 1.09. The van der Waals surface area contributed by atoms with E-state index in [1.54, 1.807) is 12.1 Å². The van der Waals surface area contributed by atoms with Crippen molar-refractivity contribution in [1.29, 1.82) is 0 Å². The van der Waals surface area contributed by atoms with E-state index in [2.05, 4.69) is 20.4 Å². The number of carbonyl (C=O) groups excluding carboxylic acids is 3. The largest absolute Gasteiger partial charge is 0.508 e. The van der Waals surface area contributed by atoms with Gasteiger partial charge >= 0.3 is 6.09 Å². The maximum absolute atomic E-state index is 12.7. The molecule has 5 N–H and O–H groups in total. The Labute approximate surface area is 284 Å². The van der Waals surface area contributed by atoms with Gasteiger partial charge in [0.15, 0.2) is 0 Å². The number of phenolic OH excluding ortho intramolecular Hbond substituents is 1. The highest BCUT2D eigenvalue weighted by Gasteiger charge is 2.28. The van der Waals surface area contributed by atoms with E-state index in [4.69, 9.17) is 10.5 Å². The van der Waals surface area contributed by atoms with Crippen LogP contribution in [0.5, 0.6) is 5.75 Å². The number of benzene rings is 3. The van der Waals surface area contributed by atoms with Gasteiger partial charge in [-0.1, -0.05) is 67.1 Å². The molecule has 258 valence electrons. The first-order valence-electron chi connectivity index (χ1n) is 17.0. The average molecular weight is 658 g/mol. The van der Waals surface area contributed by atoms with Crippen LogP contribution in [0.1, 0.15) is 64.4 Å². The number of nitrogens with two attached hydrogens (primary N) is 1. The molecule has 3 amide bonds. The molecule has 10 heteroatoms. The normalized spacial score (nSPS) is 14.1. The molecule has 3 aromatic rings. The maximum atomic E-state index is 12.7. The zero-order chi connectivity index (χ0) is 34.4. The van der Waals surface area contributed by atoms with Gasteiger partial charge in [-0.05, 0) is 75.4 Å². The Hall–Kier alpha value is -4.41. The number of piperidine rings is 1. The first kappa shape index (κ1) is 36.4. The van der Waals surface area contributed by atoms with Crippen LogP contribution in [-0.2, 0) is 20.9 Å². The number of primary amides is 1. The Morgan fingerprint density at radius 2 is 1.62 bits per heavy atom. The number of amides is 3. The Morgan fingerprint density at radius 3 is 2.33 bits per heavy atom. The number of likely N-dealkylation sites (tertiary alicyclic amines) is 1. The minimum Gasteiger partial charge on any atom is -0.508 e. The van der Waals surface area contributed by atoms with Crippen molar-refractivity contribution in [1.82, 2.24) is 15.1 Å². The van der Waals surface area contributed by atoms with E-state index in [1.807, 2.05) is 80.6 Å². The third kappa shape index (κ3) is 12.0. The molecule has 0 aliphatic carbocycles. The second-order valence-electron chi connectivity index (χ2n) is 13.2. The fourth-order valence-electron chi connectivity index (χ4n) is 6.14. The Kier molecular flexibility index (Phi) is 13.8.